The van der Waals surface area contributed by atoms with Gasteiger partial charge in [-0.15, -0.1) is 0 Å². The molecule has 0 aliphatic carbocycles. The minimum atomic E-state index is -1.63. The average Bonchev–Trinajstić information content (AvgIpc) is 2.85. The normalized spacial score (nSPS) is 12.5. The minimum Gasteiger partial charge on any atom is -0.479 e. The zero-order valence-corrected chi connectivity index (χ0v) is 12.3. The fourth-order valence-corrected chi connectivity index (χ4v) is 2.47. The van der Waals surface area contributed by atoms with E-state index < -0.39 is 12.1 Å². The topological polar surface area (TPSA) is 74.8 Å². The lowest BCUT2D eigenvalue weighted by Gasteiger charge is -2.09. The van der Waals surface area contributed by atoms with E-state index in [4.69, 9.17) is 0 Å². The predicted molar refractivity (Wildman–Crippen MR) is 82.7 cm³/mol. The Morgan fingerprint density at radius 1 is 1.09 bits per heavy atom. The maximum atomic E-state index is 11.3. The first-order valence-corrected chi connectivity index (χ1v) is 6.94. The van der Waals surface area contributed by atoms with Crippen LogP contribution in [0.2, 0.25) is 0 Å². The Morgan fingerprint density at radius 2 is 1.73 bits per heavy atom. The zero-order chi connectivity index (χ0) is 15.9. The number of aliphatic carboxylic acids is 1. The van der Waals surface area contributed by atoms with Crippen molar-refractivity contribution in [3.8, 4) is 11.3 Å². The Balaban J connectivity index is 2.31. The second kappa shape index (κ2) is 5.27. The van der Waals surface area contributed by atoms with E-state index in [0.717, 1.165) is 16.7 Å². The molecule has 1 unspecified atom stereocenters. The first kappa shape index (κ1) is 14.3. The van der Waals surface area contributed by atoms with Gasteiger partial charge in [0, 0.05) is 11.8 Å². The van der Waals surface area contributed by atoms with Crippen LogP contribution in [0.4, 0.5) is 0 Å². The molecule has 0 aliphatic rings. The fourth-order valence-electron chi connectivity index (χ4n) is 2.47. The number of nitrogens with zero attached hydrogens (tertiary/aromatic N) is 2. The van der Waals surface area contributed by atoms with E-state index in [1.54, 1.807) is 10.6 Å². The van der Waals surface area contributed by atoms with Gasteiger partial charge in [0.1, 0.15) is 5.65 Å². The highest BCUT2D eigenvalue weighted by Gasteiger charge is 2.26. The van der Waals surface area contributed by atoms with Crippen LogP contribution >= 0.6 is 0 Å². The Bertz CT molecular complexity index is 850. The minimum absolute atomic E-state index is 0.273. The van der Waals surface area contributed by atoms with Crippen LogP contribution in [0.25, 0.3) is 16.9 Å². The fraction of sp³-hybridized carbons (Fsp3) is 0.176. The number of fused-ring (bicyclic) bond motifs is 1. The van der Waals surface area contributed by atoms with Crippen molar-refractivity contribution < 1.29 is 15.0 Å². The maximum Gasteiger partial charge on any atom is 0.338 e. The highest BCUT2D eigenvalue weighted by molar-refractivity contribution is 5.79. The summed E-state index contributed by atoms with van der Waals surface area (Å²) in [5.74, 6) is -1.29. The Hall–Kier alpha value is -2.66. The van der Waals surface area contributed by atoms with E-state index >= 15 is 0 Å². The number of carbonyl (C=O) groups is 1. The Morgan fingerprint density at radius 3 is 2.36 bits per heavy atom. The summed E-state index contributed by atoms with van der Waals surface area (Å²) in [6.45, 7) is 3.88. The molecule has 112 valence electrons. The molecular formula is C17H16N2O3. The summed E-state index contributed by atoms with van der Waals surface area (Å²) in [5.41, 5.74) is 4.21. The first-order chi connectivity index (χ1) is 10.5. The Kier molecular flexibility index (Phi) is 3.42. The lowest BCUT2D eigenvalue weighted by atomic mass is 10.1. The van der Waals surface area contributed by atoms with Gasteiger partial charge in [-0.2, -0.15) is 0 Å². The SMILES string of the molecule is Cc1ccc(-c2nc3ccc(C)cn3c2C(O)C(=O)O)cc1. The quantitative estimate of drug-likeness (QED) is 0.779. The number of rotatable bonds is 3. The largest absolute Gasteiger partial charge is 0.479 e. The summed E-state index contributed by atoms with van der Waals surface area (Å²) >= 11 is 0. The molecule has 0 spiro atoms. The van der Waals surface area contributed by atoms with E-state index in [0.29, 0.717) is 11.3 Å². The number of aliphatic hydroxyl groups is 1. The van der Waals surface area contributed by atoms with Crippen molar-refractivity contribution in [2.75, 3.05) is 0 Å². The summed E-state index contributed by atoms with van der Waals surface area (Å²) in [5, 5.41) is 19.3. The summed E-state index contributed by atoms with van der Waals surface area (Å²) in [4.78, 5) is 15.8. The van der Waals surface area contributed by atoms with E-state index in [1.165, 1.54) is 0 Å². The number of aryl methyl sites for hydroxylation is 2. The third-order valence-electron chi connectivity index (χ3n) is 3.62. The second-order valence-electron chi connectivity index (χ2n) is 5.39. The number of aliphatic hydroxyl groups excluding tert-OH is 1. The van der Waals surface area contributed by atoms with Crippen LogP contribution < -0.4 is 0 Å². The zero-order valence-electron chi connectivity index (χ0n) is 12.3. The van der Waals surface area contributed by atoms with Crippen LogP contribution in [0.1, 0.15) is 22.9 Å². The molecule has 2 aromatic heterocycles. The first-order valence-electron chi connectivity index (χ1n) is 6.94. The standard InChI is InChI=1S/C17H16N2O3/c1-10-3-6-12(7-4-10)14-15(16(20)17(21)22)19-9-11(2)5-8-13(19)18-14/h3-9,16,20H,1-2H3,(H,21,22). The molecule has 5 nitrogen and oxygen atoms in total. The summed E-state index contributed by atoms with van der Waals surface area (Å²) in [6.07, 6.45) is 0.148. The van der Waals surface area contributed by atoms with Crippen LogP contribution in [-0.4, -0.2) is 25.6 Å². The van der Waals surface area contributed by atoms with Gasteiger partial charge in [0.2, 0.25) is 0 Å². The molecule has 2 heterocycles. The maximum absolute atomic E-state index is 11.3. The number of imidazole rings is 1. The smallest absolute Gasteiger partial charge is 0.338 e. The molecule has 0 saturated carbocycles. The summed E-state index contributed by atoms with van der Waals surface area (Å²) in [7, 11) is 0. The van der Waals surface area contributed by atoms with Crippen LogP contribution in [0.5, 0.6) is 0 Å². The van der Waals surface area contributed by atoms with Crippen molar-refractivity contribution >= 4 is 11.6 Å². The third kappa shape index (κ3) is 2.35. The van der Waals surface area contributed by atoms with Crippen molar-refractivity contribution in [2.24, 2.45) is 0 Å². The van der Waals surface area contributed by atoms with Gasteiger partial charge in [0.15, 0.2) is 6.10 Å². The summed E-state index contributed by atoms with van der Waals surface area (Å²) in [6, 6.07) is 11.3. The van der Waals surface area contributed by atoms with Crippen LogP contribution in [0.15, 0.2) is 42.6 Å². The number of aromatic nitrogens is 2. The van der Waals surface area contributed by atoms with Crippen molar-refractivity contribution in [3.63, 3.8) is 0 Å². The average molecular weight is 296 g/mol. The van der Waals surface area contributed by atoms with E-state index in [1.807, 2.05) is 50.2 Å². The number of benzene rings is 1. The summed E-state index contributed by atoms with van der Waals surface area (Å²) < 4.78 is 1.64. The molecule has 1 atom stereocenters. The van der Waals surface area contributed by atoms with Gasteiger partial charge in [-0.3, -0.25) is 4.40 Å². The number of hydrogen-bond donors (Lipinski definition) is 2. The van der Waals surface area contributed by atoms with Crippen molar-refractivity contribution in [1.82, 2.24) is 9.38 Å². The molecule has 2 N–H and O–H groups in total. The lowest BCUT2D eigenvalue weighted by Crippen LogP contribution is -2.14. The van der Waals surface area contributed by atoms with Gasteiger partial charge in [-0.05, 0) is 25.5 Å². The van der Waals surface area contributed by atoms with Crippen LogP contribution in [0.3, 0.4) is 0 Å². The molecule has 0 saturated heterocycles. The second-order valence-corrected chi connectivity index (χ2v) is 5.39. The van der Waals surface area contributed by atoms with Gasteiger partial charge < -0.3 is 10.2 Å². The molecule has 0 radical (unpaired) electrons. The number of hydrogen-bond acceptors (Lipinski definition) is 3. The van der Waals surface area contributed by atoms with Gasteiger partial charge in [-0.25, -0.2) is 9.78 Å². The van der Waals surface area contributed by atoms with Crippen molar-refractivity contribution in [3.05, 3.63) is 59.4 Å². The number of carboxylic acids is 1. The number of pyridine rings is 1. The van der Waals surface area contributed by atoms with E-state index in [2.05, 4.69) is 4.98 Å². The van der Waals surface area contributed by atoms with Gasteiger partial charge >= 0.3 is 5.97 Å². The molecule has 0 aliphatic heterocycles. The van der Waals surface area contributed by atoms with Crippen molar-refractivity contribution in [1.29, 1.82) is 0 Å². The van der Waals surface area contributed by atoms with Gasteiger partial charge in [0.05, 0.1) is 11.4 Å². The van der Waals surface area contributed by atoms with Crippen molar-refractivity contribution in [2.45, 2.75) is 20.0 Å². The molecule has 0 fully saturated rings. The molecular weight excluding hydrogens is 280 g/mol. The molecule has 3 rings (SSSR count). The molecule has 3 aromatic rings. The predicted octanol–water partition coefficient (Wildman–Crippen LogP) is 2.74. The van der Waals surface area contributed by atoms with Gasteiger partial charge in [0.25, 0.3) is 0 Å². The molecule has 1 aromatic carbocycles. The Labute approximate surface area is 127 Å². The highest BCUT2D eigenvalue weighted by Crippen LogP contribution is 2.29. The van der Waals surface area contributed by atoms with E-state index in [9.17, 15) is 15.0 Å². The molecule has 0 amide bonds. The highest BCUT2D eigenvalue weighted by atomic mass is 16.4. The van der Waals surface area contributed by atoms with Crippen LogP contribution in [-0.2, 0) is 4.79 Å². The van der Waals surface area contributed by atoms with E-state index in [-0.39, 0.29) is 5.69 Å². The monoisotopic (exact) mass is 296 g/mol. The number of carboxylic acid groups (broad SMARTS) is 1. The molecule has 0 bridgehead atoms. The van der Waals surface area contributed by atoms with Crippen LogP contribution in [0, 0.1) is 13.8 Å². The molecule has 22 heavy (non-hydrogen) atoms. The van der Waals surface area contributed by atoms with Gasteiger partial charge in [-0.1, -0.05) is 35.9 Å². The molecule has 5 heteroatoms. The third-order valence-corrected chi connectivity index (χ3v) is 3.62. The lowest BCUT2D eigenvalue weighted by molar-refractivity contribution is -0.147.